The fourth-order valence-corrected chi connectivity index (χ4v) is 4.01. The van der Waals surface area contributed by atoms with Gasteiger partial charge in [-0.25, -0.2) is 0 Å². The van der Waals surface area contributed by atoms with E-state index in [0.717, 1.165) is 27.8 Å². The van der Waals surface area contributed by atoms with Crippen molar-refractivity contribution in [3.63, 3.8) is 0 Å². The molecule has 0 radical (unpaired) electrons. The van der Waals surface area contributed by atoms with Crippen LogP contribution in [0.1, 0.15) is 18.1 Å². The van der Waals surface area contributed by atoms with Crippen molar-refractivity contribution in [2.45, 2.75) is 18.6 Å². The Kier molecular flexibility index (Phi) is 3.22. The molecule has 0 saturated heterocycles. The van der Waals surface area contributed by atoms with Crippen LogP contribution in [0.3, 0.4) is 0 Å². The van der Waals surface area contributed by atoms with Crippen LogP contribution >= 0.6 is 0 Å². The number of benzene rings is 2. The Balaban J connectivity index is 2.04. The van der Waals surface area contributed by atoms with Crippen molar-refractivity contribution in [2.24, 2.45) is 5.92 Å². The van der Waals surface area contributed by atoms with Gasteiger partial charge in [0.25, 0.3) is 0 Å². The summed E-state index contributed by atoms with van der Waals surface area (Å²) in [4.78, 5) is 0. The fourth-order valence-electron chi connectivity index (χ4n) is 4.01. The molecule has 1 heterocycles. The van der Waals surface area contributed by atoms with Crippen LogP contribution in [0, 0.1) is 39.9 Å². The number of nitriles is 3. The molecule has 0 bridgehead atoms. The van der Waals surface area contributed by atoms with Crippen molar-refractivity contribution in [1.82, 2.24) is 0 Å². The number of nitrogens with zero attached hydrogens (tertiary/aromatic N) is 3. The maximum absolute atomic E-state index is 9.68. The molecule has 2 aliphatic rings. The molecule has 0 aromatic heterocycles. The molecule has 4 rings (SSSR count). The van der Waals surface area contributed by atoms with Gasteiger partial charge in [-0.2, -0.15) is 15.8 Å². The summed E-state index contributed by atoms with van der Waals surface area (Å²) in [5.74, 6) is -1.02. The molecule has 0 N–H and O–H groups in total. The third-order valence-corrected chi connectivity index (χ3v) is 5.12. The van der Waals surface area contributed by atoms with Crippen LogP contribution in [0.4, 0.5) is 0 Å². The summed E-state index contributed by atoms with van der Waals surface area (Å²) >= 11 is 0. The summed E-state index contributed by atoms with van der Waals surface area (Å²) in [6.07, 6.45) is -0.848. The molecule has 1 aliphatic heterocycles. The van der Waals surface area contributed by atoms with E-state index in [9.17, 15) is 15.8 Å². The summed E-state index contributed by atoms with van der Waals surface area (Å²) in [5.41, 5.74) is 4.25. The highest BCUT2D eigenvalue weighted by atomic mass is 16.5. The van der Waals surface area contributed by atoms with Gasteiger partial charge in [-0.05, 0) is 23.6 Å². The molecule has 4 heteroatoms. The van der Waals surface area contributed by atoms with E-state index in [1.54, 1.807) is 0 Å². The predicted molar refractivity (Wildman–Crippen MR) is 90.6 cm³/mol. The van der Waals surface area contributed by atoms with Gasteiger partial charge in [-0.15, -0.1) is 0 Å². The first-order valence-electron chi connectivity index (χ1n) is 7.96. The molecule has 0 fully saturated rings. The monoisotopic (exact) mass is 323 g/mol. The third-order valence-electron chi connectivity index (χ3n) is 5.12. The Morgan fingerprint density at radius 3 is 1.92 bits per heavy atom. The molecule has 0 amide bonds. The van der Waals surface area contributed by atoms with E-state index >= 15 is 0 Å². The summed E-state index contributed by atoms with van der Waals surface area (Å²) in [6.45, 7) is 1.86. The number of rotatable bonds is 1. The second-order valence-corrected chi connectivity index (χ2v) is 6.20. The number of hydrogen-bond acceptors (Lipinski definition) is 4. The minimum Gasteiger partial charge on any atom is -0.350 e. The molecule has 1 unspecified atom stereocenters. The van der Waals surface area contributed by atoms with Crippen molar-refractivity contribution in [2.75, 3.05) is 0 Å². The summed E-state index contributed by atoms with van der Waals surface area (Å²) < 4.78 is 6.38. The molecule has 4 nitrogen and oxygen atoms in total. The van der Waals surface area contributed by atoms with E-state index in [4.69, 9.17) is 4.74 Å². The SMILES string of the molecule is CC1=C(C#N)C(C(C#N)C#N)OC12c1ccccc1-c1ccccc12. The summed E-state index contributed by atoms with van der Waals surface area (Å²) in [5, 5.41) is 28.3. The van der Waals surface area contributed by atoms with E-state index in [0.29, 0.717) is 5.57 Å². The van der Waals surface area contributed by atoms with Crippen LogP contribution in [-0.4, -0.2) is 6.10 Å². The second-order valence-electron chi connectivity index (χ2n) is 6.20. The van der Waals surface area contributed by atoms with Crippen molar-refractivity contribution < 1.29 is 4.74 Å². The molecule has 1 aliphatic carbocycles. The standard InChI is InChI=1S/C21H13N3O/c1-13-17(12-24)20(14(10-22)11-23)25-21(13)18-8-4-2-6-15(18)16-7-3-5-9-19(16)21/h2-9,14,20H,1H3. The highest BCUT2D eigenvalue weighted by molar-refractivity contribution is 5.83. The number of hydrogen-bond donors (Lipinski definition) is 0. The van der Waals surface area contributed by atoms with Crippen LogP contribution in [0.2, 0.25) is 0 Å². The van der Waals surface area contributed by atoms with Gasteiger partial charge in [0.2, 0.25) is 0 Å². The molecule has 1 atom stereocenters. The Morgan fingerprint density at radius 1 is 0.920 bits per heavy atom. The van der Waals surface area contributed by atoms with Gasteiger partial charge < -0.3 is 4.74 Å². The van der Waals surface area contributed by atoms with E-state index < -0.39 is 17.6 Å². The lowest BCUT2D eigenvalue weighted by atomic mass is 9.83. The maximum atomic E-state index is 9.68. The van der Waals surface area contributed by atoms with E-state index in [2.05, 4.69) is 6.07 Å². The zero-order valence-electron chi connectivity index (χ0n) is 13.5. The number of ether oxygens (including phenoxy) is 1. The van der Waals surface area contributed by atoms with Gasteiger partial charge in [0.1, 0.15) is 11.7 Å². The maximum Gasteiger partial charge on any atom is 0.164 e. The average molecular weight is 323 g/mol. The Labute approximate surface area is 145 Å². The minimum absolute atomic E-state index is 0.375. The third kappa shape index (κ3) is 1.76. The zero-order chi connectivity index (χ0) is 17.6. The molecular formula is C21H13N3O. The van der Waals surface area contributed by atoms with E-state index in [1.165, 1.54) is 0 Å². The van der Waals surface area contributed by atoms with Gasteiger partial charge >= 0.3 is 0 Å². The first-order valence-corrected chi connectivity index (χ1v) is 7.96. The summed E-state index contributed by atoms with van der Waals surface area (Å²) in [6, 6.07) is 22.0. The smallest absolute Gasteiger partial charge is 0.164 e. The van der Waals surface area contributed by atoms with Gasteiger partial charge in [-0.3, -0.25) is 0 Å². The van der Waals surface area contributed by atoms with Gasteiger partial charge in [0, 0.05) is 11.1 Å². The Bertz CT molecular complexity index is 986. The van der Waals surface area contributed by atoms with E-state index in [-0.39, 0.29) is 0 Å². The molecular weight excluding hydrogens is 310 g/mol. The lowest BCUT2D eigenvalue weighted by Gasteiger charge is -2.30. The molecule has 25 heavy (non-hydrogen) atoms. The van der Waals surface area contributed by atoms with Crippen LogP contribution < -0.4 is 0 Å². The lowest BCUT2D eigenvalue weighted by Crippen LogP contribution is -2.31. The van der Waals surface area contributed by atoms with Crippen LogP contribution in [0.25, 0.3) is 11.1 Å². The average Bonchev–Trinajstić information content (AvgIpc) is 3.11. The minimum atomic E-state index is -1.02. The highest BCUT2D eigenvalue weighted by Crippen LogP contribution is 2.58. The lowest BCUT2D eigenvalue weighted by molar-refractivity contribution is -0.0122. The van der Waals surface area contributed by atoms with E-state index in [1.807, 2.05) is 67.6 Å². The van der Waals surface area contributed by atoms with Gasteiger partial charge in [-0.1, -0.05) is 48.5 Å². The Hall–Kier alpha value is -3.39. The highest BCUT2D eigenvalue weighted by Gasteiger charge is 2.54. The first-order chi connectivity index (χ1) is 12.2. The zero-order valence-corrected chi connectivity index (χ0v) is 13.5. The normalized spacial score (nSPS) is 19.2. The number of fused-ring (bicyclic) bond motifs is 5. The van der Waals surface area contributed by atoms with Crippen LogP contribution in [0.5, 0.6) is 0 Å². The molecule has 2 aromatic rings. The van der Waals surface area contributed by atoms with Crippen molar-refractivity contribution >= 4 is 0 Å². The van der Waals surface area contributed by atoms with Crippen LogP contribution in [0.15, 0.2) is 59.7 Å². The molecule has 1 spiro atoms. The molecule has 0 saturated carbocycles. The topological polar surface area (TPSA) is 80.6 Å². The van der Waals surface area contributed by atoms with Crippen molar-refractivity contribution in [3.05, 3.63) is 70.8 Å². The Morgan fingerprint density at radius 2 is 1.44 bits per heavy atom. The fraction of sp³-hybridized carbons (Fsp3) is 0.190. The first kappa shape index (κ1) is 15.2. The van der Waals surface area contributed by atoms with Gasteiger partial charge in [0.15, 0.2) is 5.92 Å². The van der Waals surface area contributed by atoms with Crippen molar-refractivity contribution in [3.8, 4) is 29.3 Å². The quantitative estimate of drug-likeness (QED) is 0.799. The summed E-state index contributed by atoms with van der Waals surface area (Å²) in [7, 11) is 0. The molecule has 118 valence electrons. The van der Waals surface area contributed by atoms with Gasteiger partial charge in [0.05, 0.1) is 23.8 Å². The van der Waals surface area contributed by atoms with Crippen LogP contribution in [-0.2, 0) is 10.3 Å². The molecule has 2 aromatic carbocycles. The van der Waals surface area contributed by atoms with Crippen molar-refractivity contribution in [1.29, 1.82) is 15.8 Å². The predicted octanol–water partition coefficient (Wildman–Crippen LogP) is 3.81. The largest absolute Gasteiger partial charge is 0.350 e. The second kappa shape index (κ2) is 5.32.